The van der Waals surface area contributed by atoms with Crippen molar-refractivity contribution in [2.24, 2.45) is 17.6 Å². The van der Waals surface area contributed by atoms with Crippen LogP contribution >= 0.6 is 0 Å². The van der Waals surface area contributed by atoms with Crippen molar-refractivity contribution < 1.29 is 5.11 Å². The molecule has 0 aromatic carbocycles. The molecule has 1 rings (SSSR count). The van der Waals surface area contributed by atoms with E-state index in [4.69, 9.17) is 5.73 Å². The first kappa shape index (κ1) is 14.9. The van der Waals surface area contributed by atoms with Crippen LogP contribution in [0.15, 0.2) is 0 Å². The zero-order valence-electron chi connectivity index (χ0n) is 11.8. The van der Waals surface area contributed by atoms with Gasteiger partial charge in [-0.1, -0.05) is 13.8 Å². The van der Waals surface area contributed by atoms with Crippen LogP contribution in [-0.2, 0) is 0 Å². The van der Waals surface area contributed by atoms with Gasteiger partial charge in [0.1, 0.15) is 0 Å². The van der Waals surface area contributed by atoms with Crippen LogP contribution in [0.5, 0.6) is 0 Å². The number of likely N-dealkylation sites (tertiary alicyclic amines) is 1. The van der Waals surface area contributed by atoms with Crippen LogP contribution in [0.2, 0.25) is 0 Å². The topological polar surface area (TPSA) is 52.7 Å². The monoisotopic (exact) mass is 243 g/mol. The van der Waals surface area contributed by atoms with Crippen molar-refractivity contribution in [1.29, 1.82) is 0 Å². The fraction of sp³-hybridized carbons (Fsp3) is 1.00. The Labute approximate surface area is 106 Å². The lowest BCUT2D eigenvalue weighted by molar-refractivity contribution is 0.100. The van der Waals surface area contributed by atoms with E-state index in [0.717, 1.165) is 12.5 Å². The number of aliphatic hydroxyl groups excluding tert-OH is 1. The molecule has 4 heteroatoms. The Bertz CT molecular complexity index is 223. The van der Waals surface area contributed by atoms with Gasteiger partial charge in [0.2, 0.25) is 0 Å². The molecule has 3 unspecified atom stereocenters. The molecule has 102 valence electrons. The lowest BCUT2D eigenvalue weighted by Gasteiger charge is -2.34. The number of aliphatic hydroxyl groups is 1. The fourth-order valence-electron chi connectivity index (χ4n) is 2.72. The van der Waals surface area contributed by atoms with E-state index >= 15 is 0 Å². The lowest BCUT2D eigenvalue weighted by atomic mass is 9.96. The van der Waals surface area contributed by atoms with Gasteiger partial charge in [-0.25, -0.2) is 0 Å². The quantitative estimate of drug-likeness (QED) is 0.700. The second kappa shape index (κ2) is 6.69. The molecule has 0 aromatic rings. The number of nitrogens with zero attached hydrogens (tertiary/aromatic N) is 2. The smallest absolute Gasteiger partial charge is 0.0601 e. The predicted octanol–water partition coefficient (Wildman–Crippen LogP) is 0.214. The zero-order valence-corrected chi connectivity index (χ0v) is 11.8. The molecule has 17 heavy (non-hydrogen) atoms. The van der Waals surface area contributed by atoms with Crippen LogP contribution in [0.1, 0.15) is 20.3 Å². The summed E-state index contributed by atoms with van der Waals surface area (Å²) in [5.41, 5.74) is 6.16. The van der Waals surface area contributed by atoms with Gasteiger partial charge in [-0.05, 0) is 38.9 Å². The summed E-state index contributed by atoms with van der Waals surface area (Å²) in [6.45, 7) is 7.78. The maximum atomic E-state index is 9.51. The zero-order chi connectivity index (χ0) is 13.0. The highest BCUT2D eigenvalue weighted by molar-refractivity contribution is 4.85. The Morgan fingerprint density at radius 2 is 2.12 bits per heavy atom. The first-order valence-corrected chi connectivity index (χ1v) is 6.71. The van der Waals surface area contributed by atoms with E-state index in [2.05, 4.69) is 37.7 Å². The van der Waals surface area contributed by atoms with Gasteiger partial charge in [0.05, 0.1) is 6.61 Å². The Kier molecular flexibility index (Phi) is 5.86. The molecule has 1 heterocycles. The lowest BCUT2D eigenvalue weighted by Crippen LogP contribution is -2.52. The maximum absolute atomic E-state index is 9.51. The van der Waals surface area contributed by atoms with Crippen molar-refractivity contribution in [2.45, 2.75) is 32.4 Å². The number of nitrogens with two attached hydrogens (primary N) is 1. The summed E-state index contributed by atoms with van der Waals surface area (Å²) in [7, 11) is 4.25. The van der Waals surface area contributed by atoms with E-state index in [0.29, 0.717) is 5.92 Å². The van der Waals surface area contributed by atoms with Crippen molar-refractivity contribution >= 4 is 0 Å². The SMILES string of the molecule is CC(C)C(N)C(CO)N(C)CC1CCN(C)C1. The minimum absolute atomic E-state index is 0.0455. The number of likely N-dealkylation sites (N-methyl/N-ethyl adjacent to an activating group) is 1. The molecule has 4 nitrogen and oxygen atoms in total. The summed E-state index contributed by atoms with van der Waals surface area (Å²) < 4.78 is 0. The van der Waals surface area contributed by atoms with Crippen molar-refractivity contribution in [3.63, 3.8) is 0 Å². The molecule has 1 aliphatic rings. The molecule has 0 radical (unpaired) electrons. The van der Waals surface area contributed by atoms with E-state index in [1.807, 2.05) is 0 Å². The summed E-state index contributed by atoms with van der Waals surface area (Å²) in [6.07, 6.45) is 1.26. The van der Waals surface area contributed by atoms with Crippen molar-refractivity contribution in [2.75, 3.05) is 40.3 Å². The highest BCUT2D eigenvalue weighted by Gasteiger charge is 2.27. The van der Waals surface area contributed by atoms with E-state index in [1.165, 1.54) is 19.5 Å². The number of hydrogen-bond donors (Lipinski definition) is 2. The van der Waals surface area contributed by atoms with Gasteiger partial charge in [0.15, 0.2) is 0 Å². The van der Waals surface area contributed by atoms with E-state index in [1.54, 1.807) is 0 Å². The summed E-state index contributed by atoms with van der Waals surface area (Å²) in [5, 5.41) is 9.51. The van der Waals surface area contributed by atoms with Crippen molar-refractivity contribution in [3.8, 4) is 0 Å². The van der Waals surface area contributed by atoms with Crippen LogP contribution in [0.3, 0.4) is 0 Å². The number of rotatable bonds is 6. The Hall–Kier alpha value is -0.160. The molecule has 0 saturated carbocycles. The third kappa shape index (κ3) is 4.21. The summed E-state index contributed by atoms with van der Waals surface area (Å²) in [4.78, 5) is 4.61. The molecule has 0 bridgehead atoms. The second-order valence-electron chi connectivity index (χ2n) is 5.93. The van der Waals surface area contributed by atoms with Crippen LogP contribution in [0.4, 0.5) is 0 Å². The molecule has 0 amide bonds. The largest absolute Gasteiger partial charge is 0.395 e. The number of hydrogen-bond acceptors (Lipinski definition) is 4. The minimum atomic E-state index is 0.0455. The Morgan fingerprint density at radius 3 is 2.53 bits per heavy atom. The third-order valence-corrected chi connectivity index (χ3v) is 4.00. The molecular formula is C13H29N3O. The van der Waals surface area contributed by atoms with Gasteiger partial charge in [-0.15, -0.1) is 0 Å². The van der Waals surface area contributed by atoms with Gasteiger partial charge in [0.25, 0.3) is 0 Å². The molecule has 1 aliphatic heterocycles. The third-order valence-electron chi connectivity index (χ3n) is 4.00. The first-order valence-electron chi connectivity index (χ1n) is 6.71. The van der Waals surface area contributed by atoms with Gasteiger partial charge in [-0.3, -0.25) is 4.90 Å². The molecule has 1 saturated heterocycles. The van der Waals surface area contributed by atoms with Crippen molar-refractivity contribution in [1.82, 2.24) is 9.80 Å². The summed E-state index contributed by atoms with van der Waals surface area (Å²) >= 11 is 0. The van der Waals surface area contributed by atoms with Gasteiger partial charge < -0.3 is 15.7 Å². The maximum Gasteiger partial charge on any atom is 0.0601 e. The Balaban J connectivity index is 2.46. The van der Waals surface area contributed by atoms with Gasteiger partial charge in [-0.2, -0.15) is 0 Å². The van der Waals surface area contributed by atoms with E-state index in [-0.39, 0.29) is 18.7 Å². The molecule has 0 aliphatic carbocycles. The minimum Gasteiger partial charge on any atom is -0.395 e. The summed E-state index contributed by atoms with van der Waals surface area (Å²) in [5.74, 6) is 1.12. The van der Waals surface area contributed by atoms with E-state index in [9.17, 15) is 5.11 Å². The Morgan fingerprint density at radius 1 is 1.47 bits per heavy atom. The highest BCUT2D eigenvalue weighted by atomic mass is 16.3. The van der Waals surface area contributed by atoms with Gasteiger partial charge in [0, 0.05) is 25.2 Å². The normalized spacial score (nSPS) is 25.8. The van der Waals surface area contributed by atoms with Crippen molar-refractivity contribution in [3.05, 3.63) is 0 Å². The van der Waals surface area contributed by atoms with Crippen LogP contribution in [0, 0.1) is 11.8 Å². The van der Waals surface area contributed by atoms with Gasteiger partial charge >= 0.3 is 0 Å². The van der Waals surface area contributed by atoms with E-state index < -0.39 is 0 Å². The van der Waals surface area contributed by atoms with Crippen LogP contribution in [0.25, 0.3) is 0 Å². The predicted molar refractivity (Wildman–Crippen MR) is 71.9 cm³/mol. The average molecular weight is 243 g/mol. The van der Waals surface area contributed by atoms with Crippen LogP contribution in [-0.4, -0.2) is 67.3 Å². The average Bonchev–Trinajstić information content (AvgIpc) is 2.64. The molecule has 0 spiro atoms. The molecular weight excluding hydrogens is 214 g/mol. The molecule has 3 N–H and O–H groups in total. The fourth-order valence-corrected chi connectivity index (χ4v) is 2.72. The van der Waals surface area contributed by atoms with Crippen LogP contribution < -0.4 is 5.73 Å². The molecule has 0 aromatic heterocycles. The second-order valence-corrected chi connectivity index (χ2v) is 5.93. The summed E-state index contributed by atoms with van der Waals surface area (Å²) in [6, 6.07) is 0.130. The first-order chi connectivity index (χ1) is 7.95. The molecule has 1 fully saturated rings. The standard InChI is InChI=1S/C13H29N3O/c1-10(2)13(14)12(9-17)16(4)8-11-5-6-15(3)7-11/h10-13,17H,5-9,14H2,1-4H3. The molecule has 3 atom stereocenters. The highest BCUT2D eigenvalue weighted by Crippen LogP contribution is 2.17.